The van der Waals surface area contributed by atoms with Gasteiger partial charge in [-0.1, -0.05) is 0 Å². The monoisotopic (exact) mass is 144 g/mol. The molecule has 0 aromatic rings. The molecule has 1 fully saturated rings. The van der Waals surface area contributed by atoms with Crippen LogP contribution in [0.1, 0.15) is 6.42 Å². The van der Waals surface area contributed by atoms with Crippen molar-refractivity contribution in [1.29, 1.82) is 0 Å². The fourth-order valence-electron chi connectivity index (χ4n) is 0.956. The Labute approximate surface area is 62.1 Å². The molecule has 1 rings (SSSR count). The molecule has 3 heteroatoms. The molecule has 0 aromatic heterocycles. The number of nitrogens with one attached hydrogen (secondary N) is 2. The fourth-order valence-corrected chi connectivity index (χ4v) is 0.956. The summed E-state index contributed by atoms with van der Waals surface area (Å²) in [5, 5.41) is 6.62. The second kappa shape index (κ2) is 4.66. The standard InChI is InChI=1S/C7H16N2O/c1-10-4-2-3-9-7-5-8-6-7/h7-9H,2-6H2,1H3. The van der Waals surface area contributed by atoms with Crippen LogP contribution in [0, 0.1) is 0 Å². The molecule has 0 aromatic carbocycles. The molecule has 0 unspecified atom stereocenters. The Kier molecular flexibility index (Phi) is 3.72. The summed E-state index contributed by atoms with van der Waals surface area (Å²) in [7, 11) is 1.74. The molecule has 0 aliphatic carbocycles. The van der Waals surface area contributed by atoms with Crippen molar-refractivity contribution in [2.24, 2.45) is 0 Å². The Bertz CT molecular complexity index is 83.7. The van der Waals surface area contributed by atoms with Gasteiger partial charge >= 0.3 is 0 Å². The summed E-state index contributed by atoms with van der Waals surface area (Å²) in [6.07, 6.45) is 1.12. The molecule has 2 N–H and O–H groups in total. The van der Waals surface area contributed by atoms with E-state index in [0.717, 1.165) is 38.7 Å². The van der Waals surface area contributed by atoms with Crippen LogP contribution < -0.4 is 10.6 Å². The molecule has 60 valence electrons. The lowest BCUT2D eigenvalue weighted by molar-refractivity contribution is 0.191. The number of ether oxygens (including phenoxy) is 1. The van der Waals surface area contributed by atoms with Crippen LogP contribution >= 0.6 is 0 Å². The Morgan fingerprint density at radius 1 is 1.60 bits per heavy atom. The molecule has 10 heavy (non-hydrogen) atoms. The largest absolute Gasteiger partial charge is 0.385 e. The molecule has 0 spiro atoms. The molecule has 0 amide bonds. The zero-order chi connectivity index (χ0) is 7.23. The van der Waals surface area contributed by atoms with Crippen molar-refractivity contribution in [3.8, 4) is 0 Å². The number of hydrogen-bond acceptors (Lipinski definition) is 3. The molecule has 1 saturated heterocycles. The first kappa shape index (κ1) is 7.98. The van der Waals surface area contributed by atoms with E-state index in [1.807, 2.05) is 0 Å². The van der Waals surface area contributed by atoms with Crippen LogP contribution in [0.25, 0.3) is 0 Å². The van der Waals surface area contributed by atoms with E-state index in [1.165, 1.54) is 0 Å². The van der Waals surface area contributed by atoms with Crippen molar-refractivity contribution in [3.05, 3.63) is 0 Å². The summed E-state index contributed by atoms with van der Waals surface area (Å²) in [5.41, 5.74) is 0. The van der Waals surface area contributed by atoms with E-state index in [-0.39, 0.29) is 0 Å². The predicted molar refractivity (Wildman–Crippen MR) is 41.2 cm³/mol. The molecule has 3 nitrogen and oxygen atoms in total. The minimum absolute atomic E-state index is 0.719. The summed E-state index contributed by atoms with van der Waals surface area (Å²) >= 11 is 0. The van der Waals surface area contributed by atoms with E-state index in [1.54, 1.807) is 7.11 Å². The highest BCUT2D eigenvalue weighted by Crippen LogP contribution is 1.89. The SMILES string of the molecule is COCCCNC1CNC1. The van der Waals surface area contributed by atoms with Gasteiger partial charge in [0.2, 0.25) is 0 Å². The van der Waals surface area contributed by atoms with Crippen molar-refractivity contribution in [2.45, 2.75) is 12.5 Å². The second-order valence-electron chi connectivity index (χ2n) is 2.66. The van der Waals surface area contributed by atoms with E-state index >= 15 is 0 Å². The van der Waals surface area contributed by atoms with Gasteiger partial charge in [0.05, 0.1) is 0 Å². The zero-order valence-electron chi connectivity index (χ0n) is 6.52. The Hall–Kier alpha value is -0.120. The topological polar surface area (TPSA) is 33.3 Å². The van der Waals surface area contributed by atoms with Crippen LogP contribution in [0.15, 0.2) is 0 Å². The first-order valence-corrected chi connectivity index (χ1v) is 3.86. The van der Waals surface area contributed by atoms with Gasteiger partial charge in [-0.2, -0.15) is 0 Å². The maximum Gasteiger partial charge on any atom is 0.0474 e. The lowest BCUT2D eigenvalue weighted by Crippen LogP contribution is -2.55. The molecular formula is C7H16N2O. The van der Waals surface area contributed by atoms with Gasteiger partial charge in [-0.05, 0) is 13.0 Å². The molecule has 1 aliphatic rings. The van der Waals surface area contributed by atoms with Gasteiger partial charge in [-0.15, -0.1) is 0 Å². The molecule has 0 bridgehead atoms. The second-order valence-corrected chi connectivity index (χ2v) is 2.66. The molecule has 0 atom stereocenters. The van der Waals surface area contributed by atoms with Gasteiger partial charge in [-0.25, -0.2) is 0 Å². The van der Waals surface area contributed by atoms with Gasteiger partial charge in [0.15, 0.2) is 0 Å². The molecule has 0 saturated carbocycles. The number of hydrogen-bond donors (Lipinski definition) is 2. The average Bonchev–Trinajstić information content (AvgIpc) is 1.84. The van der Waals surface area contributed by atoms with Crippen molar-refractivity contribution in [1.82, 2.24) is 10.6 Å². The van der Waals surface area contributed by atoms with Crippen LogP contribution in [0.3, 0.4) is 0 Å². The number of rotatable bonds is 5. The maximum absolute atomic E-state index is 4.92. The third-order valence-electron chi connectivity index (χ3n) is 1.74. The summed E-state index contributed by atoms with van der Waals surface area (Å²) < 4.78 is 4.92. The summed E-state index contributed by atoms with van der Waals surface area (Å²) in [5.74, 6) is 0. The summed E-state index contributed by atoms with van der Waals surface area (Å²) in [4.78, 5) is 0. The van der Waals surface area contributed by atoms with Crippen molar-refractivity contribution >= 4 is 0 Å². The Balaban J connectivity index is 1.76. The highest BCUT2D eigenvalue weighted by molar-refractivity contribution is 4.80. The van der Waals surface area contributed by atoms with Crippen LogP contribution in [-0.4, -0.2) is 39.4 Å². The third-order valence-corrected chi connectivity index (χ3v) is 1.74. The Morgan fingerprint density at radius 2 is 2.40 bits per heavy atom. The van der Waals surface area contributed by atoms with Crippen LogP contribution in [0.2, 0.25) is 0 Å². The highest BCUT2D eigenvalue weighted by atomic mass is 16.5. The minimum atomic E-state index is 0.719. The quantitative estimate of drug-likeness (QED) is 0.514. The fraction of sp³-hybridized carbons (Fsp3) is 1.00. The van der Waals surface area contributed by atoms with Gasteiger partial charge in [0.1, 0.15) is 0 Å². The van der Waals surface area contributed by atoms with Crippen molar-refractivity contribution < 1.29 is 4.74 Å². The van der Waals surface area contributed by atoms with E-state index in [4.69, 9.17) is 4.74 Å². The van der Waals surface area contributed by atoms with E-state index < -0.39 is 0 Å². The molecule has 1 heterocycles. The molecular weight excluding hydrogens is 128 g/mol. The lowest BCUT2D eigenvalue weighted by atomic mass is 10.2. The average molecular weight is 144 g/mol. The van der Waals surface area contributed by atoms with Crippen LogP contribution in [-0.2, 0) is 4.74 Å². The van der Waals surface area contributed by atoms with Gasteiger partial charge in [0.25, 0.3) is 0 Å². The number of methoxy groups -OCH3 is 1. The van der Waals surface area contributed by atoms with Gasteiger partial charge in [-0.3, -0.25) is 0 Å². The predicted octanol–water partition coefficient (Wildman–Crippen LogP) is -0.416. The minimum Gasteiger partial charge on any atom is -0.385 e. The zero-order valence-corrected chi connectivity index (χ0v) is 6.52. The highest BCUT2D eigenvalue weighted by Gasteiger charge is 2.14. The lowest BCUT2D eigenvalue weighted by Gasteiger charge is -2.28. The van der Waals surface area contributed by atoms with Gasteiger partial charge < -0.3 is 15.4 Å². The summed E-state index contributed by atoms with van der Waals surface area (Å²) in [6.45, 7) is 4.22. The van der Waals surface area contributed by atoms with Gasteiger partial charge in [0, 0.05) is 32.8 Å². The Morgan fingerprint density at radius 3 is 2.90 bits per heavy atom. The first-order valence-electron chi connectivity index (χ1n) is 3.86. The molecule has 1 aliphatic heterocycles. The summed E-state index contributed by atoms with van der Waals surface area (Å²) in [6, 6.07) is 0.719. The normalized spacial score (nSPS) is 18.9. The van der Waals surface area contributed by atoms with E-state index in [9.17, 15) is 0 Å². The first-order chi connectivity index (χ1) is 4.93. The van der Waals surface area contributed by atoms with Crippen molar-refractivity contribution in [3.63, 3.8) is 0 Å². The maximum atomic E-state index is 4.92. The molecule has 0 radical (unpaired) electrons. The van der Waals surface area contributed by atoms with E-state index in [0.29, 0.717) is 0 Å². The van der Waals surface area contributed by atoms with Crippen LogP contribution in [0.4, 0.5) is 0 Å². The van der Waals surface area contributed by atoms with E-state index in [2.05, 4.69) is 10.6 Å². The smallest absolute Gasteiger partial charge is 0.0474 e. The van der Waals surface area contributed by atoms with Crippen molar-refractivity contribution in [2.75, 3.05) is 33.4 Å². The third kappa shape index (κ3) is 2.64. The van der Waals surface area contributed by atoms with Crippen LogP contribution in [0.5, 0.6) is 0 Å².